The van der Waals surface area contributed by atoms with Crippen molar-refractivity contribution in [3.05, 3.63) is 35.8 Å². The molecule has 0 aromatic carbocycles. The fourth-order valence-corrected chi connectivity index (χ4v) is 4.08. The van der Waals surface area contributed by atoms with E-state index in [9.17, 15) is 0 Å². The van der Waals surface area contributed by atoms with Crippen LogP contribution < -0.4 is 10.6 Å². The van der Waals surface area contributed by atoms with Crippen molar-refractivity contribution < 1.29 is 13.9 Å². The highest BCUT2D eigenvalue weighted by molar-refractivity contribution is 14.0. The minimum atomic E-state index is 0. The lowest BCUT2D eigenvalue weighted by Gasteiger charge is -2.26. The first-order valence-electron chi connectivity index (χ1n) is 11.6. The zero-order valence-electron chi connectivity index (χ0n) is 19.4. The molecule has 0 aliphatic carbocycles. The Morgan fingerprint density at radius 3 is 3.00 bits per heavy atom. The number of nitrogens with zero attached hydrogens (tertiary/aromatic N) is 5. The van der Waals surface area contributed by atoms with Gasteiger partial charge in [0, 0.05) is 58.7 Å². The Morgan fingerprint density at radius 1 is 1.33 bits per heavy atom. The van der Waals surface area contributed by atoms with E-state index in [-0.39, 0.29) is 30.0 Å². The first-order chi connectivity index (χ1) is 15.8. The maximum Gasteiger partial charge on any atom is 0.191 e. The molecule has 0 bridgehead atoms. The summed E-state index contributed by atoms with van der Waals surface area (Å²) < 4.78 is 18.0. The molecule has 2 aliphatic rings. The van der Waals surface area contributed by atoms with E-state index in [0.29, 0.717) is 6.61 Å². The molecule has 2 N–H and O–H groups in total. The van der Waals surface area contributed by atoms with Gasteiger partial charge in [-0.05, 0) is 25.0 Å². The molecular weight excluding hydrogens is 537 g/mol. The van der Waals surface area contributed by atoms with Gasteiger partial charge in [-0.1, -0.05) is 0 Å². The number of hydrogen-bond acceptors (Lipinski definition) is 7. The quantitative estimate of drug-likeness (QED) is 0.191. The molecule has 10 nitrogen and oxygen atoms in total. The van der Waals surface area contributed by atoms with Crippen molar-refractivity contribution in [1.82, 2.24) is 30.3 Å². The van der Waals surface area contributed by atoms with Crippen LogP contribution in [0.25, 0.3) is 0 Å². The predicted molar refractivity (Wildman–Crippen MR) is 136 cm³/mol. The van der Waals surface area contributed by atoms with Crippen LogP contribution in [0.4, 0.5) is 0 Å². The van der Waals surface area contributed by atoms with Gasteiger partial charge in [-0.2, -0.15) is 5.10 Å². The SMILES string of the molecule is COCc1nc2n(n1)CC(NC(=NCCCN1CCOCC1)NCCc1ccco1)CC2.I. The van der Waals surface area contributed by atoms with Gasteiger partial charge in [0.15, 0.2) is 11.8 Å². The average Bonchev–Trinajstić information content (AvgIpc) is 3.47. The Kier molecular flexibility index (Phi) is 10.9. The molecule has 1 fully saturated rings. The lowest BCUT2D eigenvalue weighted by molar-refractivity contribution is 0.0377. The number of halogens is 1. The van der Waals surface area contributed by atoms with E-state index >= 15 is 0 Å². The summed E-state index contributed by atoms with van der Waals surface area (Å²) in [6.07, 6.45) is 5.45. The van der Waals surface area contributed by atoms with Crippen LogP contribution in [-0.2, 0) is 35.5 Å². The Labute approximate surface area is 212 Å². The standard InChI is InChI=1S/C22H35N7O3.HI/c1-30-17-20-26-21-6-5-18(16-29(21)27-20)25-22(24-9-7-19-4-2-13-32-19)23-8-3-10-28-11-14-31-15-12-28;/h2,4,13,18H,3,5-12,14-17H2,1H3,(H2,23,24,25);1H. The first-order valence-corrected chi connectivity index (χ1v) is 11.6. The second-order valence-electron chi connectivity index (χ2n) is 8.23. The van der Waals surface area contributed by atoms with E-state index < -0.39 is 0 Å². The summed E-state index contributed by atoms with van der Waals surface area (Å²) in [5.41, 5.74) is 0. The number of aryl methyl sites for hydroxylation is 1. The van der Waals surface area contributed by atoms with Gasteiger partial charge in [0.1, 0.15) is 18.2 Å². The molecule has 4 heterocycles. The number of hydrogen-bond donors (Lipinski definition) is 2. The molecule has 1 unspecified atom stereocenters. The molecule has 184 valence electrons. The predicted octanol–water partition coefficient (Wildman–Crippen LogP) is 1.45. The van der Waals surface area contributed by atoms with Gasteiger partial charge in [0.05, 0.1) is 26.0 Å². The lowest BCUT2D eigenvalue weighted by atomic mass is 10.1. The molecule has 0 spiro atoms. The van der Waals surface area contributed by atoms with Crippen LogP contribution in [0.3, 0.4) is 0 Å². The van der Waals surface area contributed by atoms with Gasteiger partial charge in [-0.15, -0.1) is 24.0 Å². The Hall–Kier alpha value is -1.70. The van der Waals surface area contributed by atoms with E-state index in [1.165, 1.54) is 0 Å². The van der Waals surface area contributed by atoms with E-state index in [1.807, 2.05) is 16.8 Å². The summed E-state index contributed by atoms with van der Waals surface area (Å²) >= 11 is 0. The minimum absolute atomic E-state index is 0. The second kappa shape index (κ2) is 13.9. The highest BCUT2D eigenvalue weighted by Crippen LogP contribution is 2.13. The number of furan rings is 1. The van der Waals surface area contributed by atoms with E-state index in [4.69, 9.17) is 18.9 Å². The maximum atomic E-state index is 5.45. The third-order valence-corrected chi connectivity index (χ3v) is 5.77. The summed E-state index contributed by atoms with van der Waals surface area (Å²) in [5, 5.41) is 11.7. The number of fused-ring (bicyclic) bond motifs is 1. The summed E-state index contributed by atoms with van der Waals surface area (Å²) in [6, 6.07) is 4.18. The summed E-state index contributed by atoms with van der Waals surface area (Å²) in [7, 11) is 1.67. The molecule has 0 radical (unpaired) electrons. The third kappa shape index (κ3) is 8.23. The zero-order chi connectivity index (χ0) is 22.0. The Balaban J connectivity index is 0.00000306. The van der Waals surface area contributed by atoms with Gasteiger partial charge in [-0.3, -0.25) is 9.89 Å². The van der Waals surface area contributed by atoms with Crippen molar-refractivity contribution in [2.24, 2.45) is 4.99 Å². The van der Waals surface area contributed by atoms with Crippen molar-refractivity contribution in [2.75, 3.05) is 53.0 Å². The first kappa shape index (κ1) is 25.9. The molecule has 11 heteroatoms. The molecule has 4 rings (SSSR count). The van der Waals surface area contributed by atoms with Gasteiger partial charge in [0.25, 0.3) is 0 Å². The Morgan fingerprint density at radius 2 is 2.21 bits per heavy atom. The fraction of sp³-hybridized carbons (Fsp3) is 0.682. The molecule has 0 amide bonds. The number of methoxy groups -OCH3 is 1. The van der Waals surface area contributed by atoms with Crippen LogP contribution in [0.15, 0.2) is 27.8 Å². The van der Waals surface area contributed by atoms with E-state index in [1.54, 1.807) is 13.4 Å². The molecular formula is C22H36IN7O3. The Bertz CT molecular complexity index is 837. The third-order valence-electron chi connectivity index (χ3n) is 5.77. The van der Waals surface area contributed by atoms with Crippen molar-refractivity contribution in [1.29, 1.82) is 0 Å². The second-order valence-corrected chi connectivity index (χ2v) is 8.23. The number of guanidine groups is 1. The summed E-state index contributed by atoms with van der Waals surface area (Å²) in [5.74, 6) is 3.60. The van der Waals surface area contributed by atoms with Gasteiger partial charge < -0.3 is 24.5 Å². The number of nitrogens with one attached hydrogen (secondary N) is 2. The minimum Gasteiger partial charge on any atom is -0.469 e. The van der Waals surface area contributed by atoms with Crippen molar-refractivity contribution in [3.63, 3.8) is 0 Å². The van der Waals surface area contributed by atoms with Crippen LogP contribution in [0, 0.1) is 0 Å². The molecule has 1 atom stereocenters. The smallest absolute Gasteiger partial charge is 0.191 e. The van der Waals surface area contributed by atoms with Gasteiger partial charge in [-0.25, -0.2) is 9.67 Å². The number of aliphatic imine (C=N–C) groups is 1. The highest BCUT2D eigenvalue weighted by Gasteiger charge is 2.22. The molecule has 2 aromatic heterocycles. The lowest BCUT2D eigenvalue weighted by Crippen LogP contribution is -2.47. The van der Waals surface area contributed by atoms with Crippen LogP contribution in [0.5, 0.6) is 0 Å². The normalized spacial score (nSPS) is 19.1. The van der Waals surface area contributed by atoms with Gasteiger partial charge in [0.2, 0.25) is 0 Å². The zero-order valence-corrected chi connectivity index (χ0v) is 21.7. The van der Waals surface area contributed by atoms with E-state index in [0.717, 1.165) is 102 Å². The molecule has 2 aromatic rings. The van der Waals surface area contributed by atoms with Crippen LogP contribution in [0.1, 0.15) is 30.3 Å². The largest absolute Gasteiger partial charge is 0.469 e. The molecule has 2 aliphatic heterocycles. The number of aromatic nitrogens is 3. The maximum absolute atomic E-state index is 5.45. The summed E-state index contributed by atoms with van der Waals surface area (Å²) in [6.45, 7) is 7.54. The number of ether oxygens (including phenoxy) is 2. The van der Waals surface area contributed by atoms with E-state index in [2.05, 4.69) is 25.6 Å². The average molecular weight is 573 g/mol. The fourth-order valence-electron chi connectivity index (χ4n) is 4.08. The van der Waals surface area contributed by atoms with Crippen LogP contribution in [0.2, 0.25) is 0 Å². The summed E-state index contributed by atoms with van der Waals surface area (Å²) in [4.78, 5) is 11.9. The van der Waals surface area contributed by atoms with Crippen molar-refractivity contribution in [2.45, 2.75) is 44.9 Å². The topological polar surface area (TPSA) is 102 Å². The van der Waals surface area contributed by atoms with Crippen molar-refractivity contribution >= 4 is 29.9 Å². The molecule has 1 saturated heterocycles. The number of rotatable bonds is 10. The highest BCUT2D eigenvalue weighted by atomic mass is 127. The van der Waals surface area contributed by atoms with Crippen molar-refractivity contribution in [3.8, 4) is 0 Å². The van der Waals surface area contributed by atoms with Crippen LogP contribution in [-0.4, -0.2) is 84.7 Å². The molecule has 0 saturated carbocycles. The van der Waals surface area contributed by atoms with Gasteiger partial charge >= 0.3 is 0 Å². The van der Waals surface area contributed by atoms with Crippen LogP contribution >= 0.6 is 24.0 Å². The molecule has 33 heavy (non-hydrogen) atoms. The number of morpholine rings is 1. The monoisotopic (exact) mass is 573 g/mol.